The quantitative estimate of drug-likeness (QED) is 0.593. The number of rotatable bonds is 2. The standard InChI is InChI=1S/C15H10IN/c16-15-8-6-12(7-9-15)4-5-13-2-1-3-14(10-13)11-17/h1-10H/b5-4-. The number of nitriles is 1. The second-order valence-corrected chi connectivity index (χ2v) is 4.87. The van der Waals surface area contributed by atoms with Gasteiger partial charge in [0.15, 0.2) is 0 Å². The molecule has 0 fully saturated rings. The van der Waals surface area contributed by atoms with E-state index in [2.05, 4.69) is 52.9 Å². The predicted molar refractivity (Wildman–Crippen MR) is 79.2 cm³/mol. The Kier molecular flexibility index (Phi) is 3.94. The minimum Gasteiger partial charge on any atom is -0.192 e. The summed E-state index contributed by atoms with van der Waals surface area (Å²) in [5.41, 5.74) is 2.89. The molecule has 0 spiro atoms. The molecule has 0 amide bonds. The van der Waals surface area contributed by atoms with Crippen molar-refractivity contribution in [2.45, 2.75) is 0 Å². The van der Waals surface area contributed by atoms with Gasteiger partial charge in [0.05, 0.1) is 11.6 Å². The predicted octanol–water partition coefficient (Wildman–Crippen LogP) is 4.33. The Bertz CT molecular complexity index is 577. The fraction of sp³-hybridized carbons (Fsp3) is 0. The summed E-state index contributed by atoms with van der Waals surface area (Å²) in [4.78, 5) is 0. The molecule has 0 saturated carbocycles. The van der Waals surface area contributed by atoms with Crippen LogP contribution >= 0.6 is 22.6 Å². The summed E-state index contributed by atoms with van der Waals surface area (Å²) in [6, 6.07) is 18.0. The van der Waals surface area contributed by atoms with Gasteiger partial charge in [-0.1, -0.05) is 36.4 Å². The van der Waals surface area contributed by atoms with E-state index in [1.807, 2.05) is 36.4 Å². The molecule has 0 unspecified atom stereocenters. The highest BCUT2D eigenvalue weighted by Crippen LogP contribution is 2.11. The van der Waals surface area contributed by atoms with E-state index in [4.69, 9.17) is 5.26 Å². The van der Waals surface area contributed by atoms with E-state index in [9.17, 15) is 0 Å². The summed E-state index contributed by atoms with van der Waals surface area (Å²) < 4.78 is 1.23. The topological polar surface area (TPSA) is 23.8 Å². The van der Waals surface area contributed by atoms with Gasteiger partial charge in [0.1, 0.15) is 0 Å². The zero-order valence-corrected chi connectivity index (χ0v) is 11.3. The maximum absolute atomic E-state index is 8.80. The first kappa shape index (κ1) is 11.9. The van der Waals surface area contributed by atoms with Crippen molar-refractivity contribution in [1.29, 1.82) is 5.26 Å². The lowest BCUT2D eigenvalue weighted by Crippen LogP contribution is -1.77. The molecular formula is C15H10IN. The number of hydrogen-bond acceptors (Lipinski definition) is 1. The summed E-state index contributed by atoms with van der Waals surface area (Å²) in [7, 11) is 0. The average molecular weight is 331 g/mol. The molecule has 82 valence electrons. The summed E-state index contributed by atoms with van der Waals surface area (Å²) in [5, 5.41) is 8.80. The van der Waals surface area contributed by atoms with Gasteiger partial charge in [0.25, 0.3) is 0 Å². The van der Waals surface area contributed by atoms with Crippen LogP contribution in [0.1, 0.15) is 16.7 Å². The summed E-state index contributed by atoms with van der Waals surface area (Å²) in [6.45, 7) is 0. The Morgan fingerprint density at radius 1 is 0.941 bits per heavy atom. The molecule has 0 atom stereocenters. The molecule has 2 aromatic carbocycles. The molecule has 0 heterocycles. The van der Waals surface area contributed by atoms with Gasteiger partial charge < -0.3 is 0 Å². The highest BCUT2D eigenvalue weighted by atomic mass is 127. The van der Waals surface area contributed by atoms with Gasteiger partial charge in [-0.05, 0) is 58.0 Å². The first-order valence-corrected chi connectivity index (χ1v) is 6.29. The molecule has 1 nitrogen and oxygen atoms in total. The SMILES string of the molecule is N#Cc1cccc(/C=C\c2ccc(I)cc2)c1. The summed E-state index contributed by atoms with van der Waals surface area (Å²) >= 11 is 2.29. The highest BCUT2D eigenvalue weighted by molar-refractivity contribution is 14.1. The Morgan fingerprint density at radius 3 is 2.35 bits per heavy atom. The fourth-order valence-electron chi connectivity index (χ4n) is 1.48. The maximum atomic E-state index is 8.80. The van der Waals surface area contributed by atoms with Gasteiger partial charge in [-0.25, -0.2) is 0 Å². The van der Waals surface area contributed by atoms with E-state index >= 15 is 0 Å². The number of benzene rings is 2. The van der Waals surface area contributed by atoms with E-state index in [0.29, 0.717) is 5.56 Å². The summed E-state index contributed by atoms with van der Waals surface area (Å²) in [5.74, 6) is 0. The van der Waals surface area contributed by atoms with E-state index in [0.717, 1.165) is 11.1 Å². The minimum absolute atomic E-state index is 0.690. The van der Waals surface area contributed by atoms with Crippen molar-refractivity contribution in [3.8, 4) is 6.07 Å². The molecule has 2 heteroatoms. The molecule has 0 saturated heterocycles. The molecular weight excluding hydrogens is 321 g/mol. The average Bonchev–Trinajstić information content (AvgIpc) is 2.38. The van der Waals surface area contributed by atoms with Crippen molar-refractivity contribution in [2.24, 2.45) is 0 Å². The van der Waals surface area contributed by atoms with E-state index in [1.54, 1.807) is 0 Å². The van der Waals surface area contributed by atoms with Crippen LogP contribution < -0.4 is 0 Å². The third kappa shape index (κ3) is 3.43. The van der Waals surface area contributed by atoms with Gasteiger partial charge in [0, 0.05) is 3.57 Å². The Balaban J connectivity index is 2.20. The lowest BCUT2D eigenvalue weighted by Gasteiger charge is -1.95. The first-order chi connectivity index (χ1) is 8.28. The van der Waals surface area contributed by atoms with E-state index in [1.165, 1.54) is 3.57 Å². The van der Waals surface area contributed by atoms with Gasteiger partial charge in [0.2, 0.25) is 0 Å². The molecule has 0 bridgehead atoms. The van der Waals surface area contributed by atoms with Crippen LogP contribution in [-0.4, -0.2) is 0 Å². The third-order valence-corrected chi connectivity index (χ3v) is 3.07. The molecule has 0 aliphatic rings. The van der Waals surface area contributed by atoms with Crippen LogP contribution in [-0.2, 0) is 0 Å². The molecule has 0 N–H and O–H groups in total. The molecule has 0 aliphatic heterocycles. The largest absolute Gasteiger partial charge is 0.192 e. The Morgan fingerprint density at radius 2 is 1.65 bits per heavy atom. The van der Waals surface area contributed by atoms with Gasteiger partial charge in [-0.15, -0.1) is 0 Å². The normalized spacial score (nSPS) is 10.4. The van der Waals surface area contributed by atoms with E-state index < -0.39 is 0 Å². The fourth-order valence-corrected chi connectivity index (χ4v) is 1.84. The molecule has 0 aliphatic carbocycles. The van der Waals surface area contributed by atoms with Crippen molar-refractivity contribution < 1.29 is 0 Å². The monoisotopic (exact) mass is 331 g/mol. The van der Waals surface area contributed by atoms with Crippen LogP contribution in [0.25, 0.3) is 12.2 Å². The van der Waals surface area contributed by atoms with Crippen molar-refractivity contribution in [2.75, 3.05) is 0 Å². The molecule has 2 aromatic rings. The van der Waals surface area contributed by atoms with Crippen molar-refractivity contribution in [1.82, 2.24) is 0 Å². The molecule has 0 aromatic heterocycles. The minimum atomic E-state index is 0.690. The van der Waals surface area contributed by atoms with Crippen LogP contribution in [0.5, 0.6) is 0 Å². The van der Waals surface area contributed by atoms with Crippen molar-refractivity contribution in [3.05, 3.63) is 68.8 Å². The maximum Gasteiger partial charge on any atom is 0.0991 e. The lowest BCUT2D eigenvalue weighted by atomic mass is 10.1. The van der Waals surface area contributed by atoms with Crippen LogP contribution in [0, 0.1) is 14.9 Å². The Hall–Kier alpha value is -1.60. The van der Waals surface area contributed by atoms with Crippen LogP contribution in [0.3, 0.4) is 0 Å². The van der Waals surface area contributed by atoms with Crippen LogP contribution in [0.15, 0.2) is 48.5 Å². The van der Waals surface area contributed by atoms with Gasteiger partial charge in [-0.2, -0.15) is 5.26 Å². The molecule has 2 rings (SSSR count). The van der Waals surface area contributed by atoms with E-state index in [-0.39, 0.29) is 0 Å². The Labute approximate surface area is 115 Å². The zero-order chi connectivity index (χ0) is 12.1. The van der Waals surface area contributed by atoms with Gasteiger partial charge in [-0.3, -0.25) is 0 Å². The highest BCUT2D eigenvalue weighted by Gasteiger charge is 1.91. The lowest BCUT2D eigenvalue weighted by molar-refractivity contribution is 1.48. The first-order valence-electron chi connectivity index (χ1n) is 5.22. The van der Waals surface area contributed by atoms with Crippen LogP contribution in [0.2, 0.25) is 0 Å². The smallest absolute Gasteiger partial charge is 0.0991 e. The zero-order valence-electron chi connectivity index (χ0n) is 9.10. The number of halogens is 1. The molecule has 0 radical (unpaired) electrons. The van der Waals surface area contributed by atoms with Gasteiger partial charge >= 0.3 is 0 Å². The summed E-state index contributed by atoms with van der Waals surface area (Å²) in [6.07, 6.45) is 4.07. The van der Waals surface area contributed by atoms with Crippen LogP contribution in [0.4, 0.5) is 0 Å². The number of hydrogen-bond donors (Lipinski definition) is 0. The second kappa shape index (κ2) is 5.65. The van der Waals surface area contributed by atoms with Crippen molar-refractivity contribution in [3.63, 3.8) is 0 Å². The second-order valence-electron chi connectivity index (χ2n) is 3.62. The third-order valence-electron chi connectivity index (χ3n) is 2.35. The number of nitrogens with zero attached hydrogens (tertiary/aromatic N) is 1. The van der Waals surface area contributed by atoms with Crippen molar-refractivity contribution >= 4 is 34.7 Å². The molecule has 17 heavy (non-hydrogen) atoms.